The molecule has 0 saturated carbocycles. The number of carbonyl (C=O) groups is 1. The first-order valence-corrected chi connectivity index (χ1v) is 7.42. The third-order valence-corrected chi connectivity index (χ3v) is 2.94. The molecule has 0 aliphatic carbocycles. The van der Waals surface area contributed by atoms with Gasteiger partial charge in [0.1, 0.15) is 0 Å². The number of carbonyl (C=O) groups excluding carboxylic acids is 1. The average molecular weight is 304 g/mol. The van der Waals surface area contributed by atoms with E-state index in [1.165, 1.54) is 0 Å². The molecule has 0 saturated heterocycles. The fourth-order valence-corrected chi connectivity index (χ4v) is 1.73. The predicted octanol–water partition coefficient (Wildman–Crippen LogP) is 3.74. The molecule has 0 aliphatic rings. The average Bonchev–Trinajstić information content (AvgIpc) is 2.43. The molecular formula is C17H28N4O. The van der Waals surface area contributed by atoms with Crippen molar-refractivity contribution < 1.29 is 4.79 Å². The van der Waals surface area contributed by atoms with Crippen molar-refractivity contribution in [2.75, 3.05) is 7.05 Å². The number of rotatable bonds is 7. The van der Waals surface area contributed by atoms with Crippen molar-refractivity contribution in [1.29, 1.82) is 0 Å². The minimum Gasteiger partial charge on any atom is -0.351 e. The van der Waals surface area contributed by atoms with Crippen molar-refractivity contribution in [2.45, 2.75) is 47.5 Å². The number of aliphatic imine (C=N–C) groups is 2. The number of nitrogens with one attached hydrogen (secondary N) is 1. The number of primary amides is 1. The molecule has 0 aromatic rings. The first-order chi connectivity index (χ1) is 10.3. The molecule has 5 heteroatoms. The van der Waals surface area contributed by atoms with Crippen LogP contribution in [-0.2, 0) is 0 Å². The highest BCUT2D eigenvalue weighted by Crippen LogP contribution is 2.14. The quantitative estimate of drug-likeness (QED) is 0.545. The molecule has 5 nitrogen and oxygen atoms in total. The van der Waals surface area contributed by atoms with Gasteiger partial charge in [-0.15, -0.1) is 0 Å². The van der Waals surface area contributed by atoms with E-state index in [0.29, 0.717) is 5.70 Å². The third kappa shape index (κ3) is 7.57. The Balaban J connectivity index is 5.72. The van der Waals surface area contributed by atoms with Crippen LogP contribution in [-0.4, -0.2) is 24.5 Å². The maximum atomic E-state index is 11.0. The van der Waals surface area contributed by atoms with Crippen molar-refractivity contribution in [3.63, 3.8) is 0 Å². The van der Waals surface area contributed by atoms with E-state index in [1.54, 1.807) is 20.2 Å². The Morgan fingerprint density at radius 3 is 2.32 bits per heavy atom. The van der Waals surface area contributed by atoms with Gasteiger partial charge in [0.05, 0.1) is 5.71 Å². The Bertz CT molecular complexity index is 533. The zero-order chi connectivity index (χ0) is 17.1. The topological polar surface area (TPSA) is 79.8 Å². The highest BCUT2D eigenvalue weighted by atomic mass is 16.2. The lowest BCUT2D eigenvalue weighted by Crippen LogP contribution is -2.29. The van der Waals surface area contributed by atoms with Crippen LogP contribution in [0.3, 0.4) is 0 Å². The summed E-state index contributed by atoms with van der Waals surface area (Å²) >= 11 is 0. The van der Waals surface area contributed by atoms with Gasteiger partial charge in [-0.25, -0.2) is 4.79 Å². The molecule has 0 heterocycles. The Morgan fingerprint density at radius 2 is 1.86 bits per heavy atom. The fourth-order valence-electron chi connectivity index (χ4n) is 1.73. The number of allylic oxidation sites excluding steroid dienone is 5. The van der Waals surface area contributed by atoms with Gasteiger partial charge >= 0.3 is 6.03 Å². The van der Waals surface area contributed by atoms with E-state index >= 15 is 0 Å². The smallest absolute Gasteiger partial charge is 0.316 e. The Morgan fingerprint density at radius 1 is 1.23 bits per heavy atom. The molecule has 122 valence electrons. The van der Waals surface area contributed by atoms with E-state index in [1.807, 2.05) is 26.8 Å². The Kier molecular flexibility index (Phi) is 9.50. The summed E-state index contributed by atoms with van der Waals surface area (Å²) in [6.45, 7) is 9.71. The minimum absolute atomic E-state index is 0.582. The maximum absolute atomic E-state index is 11.0. The third-order valence-electron chi connectivity index (χ3n) is 2.94. The van der Waals surface area contributed by atoms with Gasteiger partial charge in [0, 0.05) is 30.2 Å². The molecule has 0 aromatic heterocycles. The van der Waals surface area contributed by atoms with E-state index in [0.717, 1.165) is 35.4 Å². The van der Waals surface area contributed by atoms with Crippen LogP contribution < -0.4 is 11.1 Å². The zero-order valence-electron chi connectivity index (χ0n) is 14.5. The van der Waals surface area contributed by atoms with Crippen molar-refractivity contribution in [3.8, 4) is 0 Å². The highest BCUT2D eigenvalue weighted by molar-refractivity contribution is 6.14. The maximum Gasteiger partial charge on any atom is 0.316 e. The molecule has 0 rings (SSSR count). The van der Waals surface area contributed by atoms with Crippen LogP contribution in [0.15, 0.2) is 45.2 Å². The summed E-state index contributed by atoms with van der Waals surface area (Å²) in [5.41, 5.74) is 9.36. The fraction of sp³-hybridized carbons (Fsp3) is 0.471. The Labute approximate surface area is 133 Å². The standard InChI is InChI=1S/C17H28N4O/c1-7-8-9-10-15(11-20-12(2)3)16(19-6)13(4)14(5)21-17(18)22/h9-11H,7-8H2,1-6H3,(H3,18,21,22)/b10-9+,14-13+,15-11+,19-16?. The molecule has 0 atom stereocenters. The van der Waals surface area contributed by atoms with Crippen LogP contribution in [0.4, 0.5) is 4.79 Å². The second-order valence-electron chi connectivity index (χ2n) is 5.16. The van der Waals surface area contributed by atoms with E-state index < -0.39 is 6.03 Å². The van der Waals surface area contributed by atoms with E-state index in [2.05, 4.69) is 28.3 Å². The summed E-state index contributed by atoms with van der Waals surface area (Å²) in [6, 6.07) is -0.582. The van der Waals surface area contributed by atoms with Crippen molar-refractivity contribution in [2.24, 2.45) is 15.7 Å². The van der Waals surface area contributed by atoms with E-state index in [9.17, 15) is 4.79 Å². The number of amides is 2. The van der Waals surface area contributed by atoms with Crippen LogP contribution in [0.2, 0.25) is 0 Å². The van der Waals surface area contributed by atoms with Gasteiger partial charge < -0.3 is 11.1 Å². The number of nitrogens with two attached hydrogens (primary N) is 1. The number of urea groups is 1. The van der Waals surface area contributed by atoms with E-state index in [4.69, 9.17) is 5.73 Å². The van der Waals surface area contributed by atoms with Gasteiger partial charge in [0.2, 0.25) is 0 Å². The van der Waals surface area contributed by atoms with Crippen LogP contribution in [0, 0.1) is 0 Å². The lowest BCUT2D eigenvalue weighted by atomic mass is 10.0. The first kappa shape index (κ1) is 19.8. The molecule has 22 heavy (non-hydrogen) atoms. The molecule has 2 amide bonds. The second kappa shape index (κ2) is 10.5. The number of unbranched alkanes of at least 4 members (excludes halogenated alkanes) is 1. The van der Waals surface area contributed by atoms with Crippen molar-refractivity contribution in [1.82, 2.24) is 5.32 Å². The molecule has 0 aromatic carbocycles. The summed E-state index contributed by atoms with van der Waals surface area (Å²) in [4.78, 5) is 19.7. The summed E-state index contributed by atoms with van der Waals surface area (Å²) in [6.07, 6.45) is 7.98. The van der Waals surface area contributed by atoms with Crippen LogP contribution in [0.25, 0.3) is 0 Å². The molecule has 0 spiro atoms. The molecule has 3 N–H and O–H groups in total. The van der Waals surface area contributed by atoms with Crippen molar-refractivity contribution >= 4 is 17.5 Å². The molecule has 0 aliphatic heterocycles. The SMILES string of the molecule is CCC/C=C/C(=C\N=C(C)C)C(=NC)/C(C)=C(\C)NC(N)=O. The van der Waals surface area contributed by atoms with Crippen LogP contribution in [0.1, 0.15) is 47.5 Å². The molecule has 0 bridgehead atoms. The summed E-state index contributed by atoms with van der Waals surface area (Å²) in [5.74, 6) is 0. The molecule has 0 unspecified atom stereocenters. The number of hydrogen-bond acceptors (Lipinski definition) is 3. The van der Waals surface area contributed by atoms with Gasteiger partial charge in [-0.05, 0) is 39.7 Å². The lowest BCUT2D eigenvalue weighted by Gasteiger charge is -2.12. The van der Waals surface area contributed by atoms with Gasteiger partial charge in [-0.1, -0.05) is 25.5 Å². The molecule has 0 radical (unpaired) electrons. The van der Waals surface area contributed by atoms with Gasteiger partial charge in [-0.2, -0.15) is 0 Å². The first-order valence-electron chi connectivity index (χ1n) is 7.42. The minimum atomic E-state index is -0.582. The monoisotopic (exact) mass is 304 g/mol. The Hall–Kier alpha value is -2.17. The molecular weight excluding hydrogens is 276 g/mol. The highest BCUT2D eigenvalue weighted by Gasteiger charge is 2.10. The van der Waals surface area contributed by atoms with Crippen LogP contribution in [0.5, 0.6) is 0 Å². The summed E-state index contributed by atoms with van der Waals surface area (Å²) < 4.78 is 0. The summed E-state index contributed by atoms with van der Waals surface area (Å²) in [5, 5.41) is 2.59. The normalized spacial score (nSPS) is 13.9. The predicted molar refractivity (Wildman–Crippen MR) is 95.4 cm³/mol. The van der Waals surface area contributed by atoms with Gasteiger partial charge in [-0.3, -0.25) is 9.98 Å². The van der Waals surface area contributed by atoms with Crippen LogP contribution >= 0.6 is 0 Å². The van der Waals surface area contributed by atoms with Crippen molar-refractivity contribution in [3.05, 3.63) is 35.2 Å². The van der Waals surface area contributed by atoms with Gasteiger partial charge in [0.15, 0.2) is 0 Å². The summed E-state index contributed by atoms with van der Waals surface area (Å²) in [7, 11) is 1.72. The van der Waals surface area contributed by atoms with E-state index in [-0.39, 0.29) is 0 Å². The van der Waals surface area contributed by atoms with Gasteiger partial charge in [0.25, 0.3) is 0 Å². The lowest BCUT2D eigenvalue weighted by molar-refractivity contribution is 0.251. The largest absolute Gasteiger partial charge is 0.351 e. The number of nitrogens with zero attached hydrogens (tertiary/aromatic N) is 2. The molecule has 0 fully saturated rings. The zero-order valence-corrected chi connectivity index (χ0v) is 14.5. The number of hydrogen-bond donors (Lipinski definition) is 2. The second-order valence-corrected chi connectivity index (χ2v) is 5.16.